The quantitative estimate of drug-likeness (QED) is 0.161. The van der Waals surface area contributed by atoms with Crippen molar-refractivity contribution in [1.29, 1.82) is 0 Å². The van der Waals surface area contributed by atoms with Crippen molar-refractivity contribution in [3.63, 3.8) is 0 Å². The molecule has 0 amide bonds. The Morgan fingerprint density at radius 1 is 0.525 bits per heavy atom. The van der Waals surface area contributed by atoms with Crippen molar-refractivity contribution in [2.45, 2.75) is 145 Å². The Kier molecular flexibility index (Phi) is 19.0. The zero-order chi connectivity index (χ0) is 28.7. The van der Waals surface area contributed by atoms with Gasteiger partial charge in [0.15, 0.2) is 0 Å². The van der Waals surface area contributed by atoms with E-state index in [9.17, 15) is 0 Å². The van der Waals surface area contributed by atoms with Crippen LogP contribution in [0, 0.1) is 47.3 Å². The van der Waals surface area contributed by atoms with Crippen LogP contribution in [0.1, 0.15) is 132 Å². The van der Waals surface area contributed by atoms with Crippen LogP contribution in [0.2, 0.25) is 0 Å². The molecule has 0 aromatic carbocycles. The lowest BCUT2D eigenvalue weighted by molar-refractivity contribution is -0.914. The smallest absolute Gasteiger partial charge is 0.0857 e. The van der Waals surface area contributed by atoms with Gasteiger partial charge in [-0.1, -0.05) is 54.4 Å². The van der Waals surface area contributed by atoms with E-state index >= 15 is 0 Å². The second-order valence-corrected chi connectivity index (χ2v) is 16.5. The minimum absolute atomic E-state index is 0. The lowest BCUT2D eigenvalue weighted by atomic mass is 9.79. The van der Waals surface area contributed by atoms with E-state index in [1.54, 1.807) is 0 Å². The summed E-state index contributed by atoms with van der Waals surface area (Å²) in [6, 6.07) is 1.56. The van der Waals surface area contributed by atoms with E-state index in [0.717, 1.165) is 59.4 Å². The van der Waals surface area contributed by atoms with Gasteiger partial charge in [-0.15, -0.1) is 0 Å². The maximum absolute atomic E-state index is 2.53. The summed E-state index contributed by atoms with van der Waals surface area (Å²) in [6.45, 7) is 22.6. The Balaban J connectivity index is 0.00000760. The molecule has 0 aliphatic heterocycles. The third-order valence-corrected chi connectivity index (χ3v) is 12.6. The van der Waals surface area contributed by atoms with E-state index in [0.29, 0.717) is 0 Å². The third kappa shape index (κ3) is 12.1. The van der Waals surface area contributed by atoms with Gasteiger partial charge in [0.1, 0.15) is 0 Å². The molecule has 2 aliphatic carbocycles. The van der Waals surface area contributed by atoms with Crippen LogP contribution in [0.15, 0.2) is 0 Å². The number of halogens is 2. The predicted octanol–water partition coefficient (Wildman–Crippen LogP) is 3.68. The standard InChI is InChI=1S/C36H74N2.2BrH/c1-27(2)33-21-17-29(5)35(33)23-19-31(7)37(9,10)25-15-13-14-16-26-38(11,12)32(8)20-24-36-30(6)18-22-34(36)28(3)4;;/h27-36H,13-26H2,1-12H3;2*1H/q+2;;/p-2. The van der Waals surface area contributed by atoms with Crippen molar-refractivity contribution in [3.8, 4) is 0 Å². The minimum atomic E-state index is 0. The Hall–Kier alpha value is 0.880. The van der Waals surface area contributed by atoms with Gasteiger partial charge in [0.2, 0.25) is 0 Å². The zero-order valence-electron chi connectivity index (χ0n) is 29.3. The molecule has 0 saturated heterocycles. The van der Waals surface area contributed by atoms with E-state index in [1.165, 1.54) is 99.1 Å². The van der Waals surface area contributed by atoms with Gasteiger partial charge >= 0.3 is 0 Å². The van der Waals surface area contributed by atoms with Crippen molar-refractivity contribution in [2.75, 3.05) is 41.3 Å². The van der Waals surface area contributed by atoms with Gasteiger partial charge in [-0.05, 0) is 125 Å². The topological polar surface area (TPSA) is 0 Å². The highest BCUT2D eigenvalue weighted by Gasteiger charge is 2.37. The number of hydrogen-bond donors (Lipinski definition) is 0. The number of unbranched alkanes of at least 4 members (excludes halogenated alkanes) is 3. The zero-order valence-corrected chi connectivity index (χ0v) is 32.5. The number of quaternary nitrogens is 2. The Morgan fingerprint density at radius 3 is 1.15 bits per heavy atom. The van der Waals surface area contributed by atoms with Gasteiger partial charge < -0.3 is 42.9 Å². The molecule has 2 nitrogen and oxygen atoms in total. The summed E-state index contributed by atoms with van der Waals surface area (Å²) in [4.78, 5) is 0. The highest BCUT2D eigenvalue weighted by Crippen LogP contribution is 2.45. The summed E-state index contributed by atoms with van der Waals surface area (Å²) in [7, 11) is 10.00. The summed E-state index contributed by atoms with van der Waals surface area (Å²) in [6.07, 6.45) is 17.2. The molecule has 0 N–H and O–H groups in total. The molecular weight excluding hydrogens is 620 g/mol. The largest absolute Gasteiger partial charge is 1.00 e. The van der Waals surface area contributed by atoms with E-state index in [1.807, 2.05) is 0 Å². The van der Waals surface area contributed by atoms with E-state index < -0.39 is 0 Å². The first kappa shape index (κ1) is 40.9. The molecule has 242 valence electrons. The van der Waals surface area contributed by atoms with Crippen LogP contribution in [0.4, 0.5) is 0 Å². The van der Waals surface area contributed by atoms with Gasteiger partial charge in [0.05, 0.1) is 53.4 Å². The highest BCUT2D eigenvalue weighted by molar-refractivity contribution is 4.85. The molecule has 0 aromatic rings. The fourth-order valence-electron chi connectivity index (χ4n) is 8.66. The molecule has 2 fully saturated rings. The van der Waals surface area contributed by atoms with Gasteiger partial charge in [0.25, 0.3) is 0 Å². The van der Waals surface area contributed by atoms with Crippen LogP contribution >= 0.6 is 0 Å². The van der Waals surface area contributed by atoms with Crippen LogP contribution in [0.5, 0.6) is 0 Å². The maximum atomic E-state index is 2.53. The Morgan fingerprint density at radius 2 is 0.850 bits per heavy atom. The molecule has 0 radical (unpaired) electrons. The van der Waals surface area contributed by atoms with Crippen LogP contribution in [-0.2, 0) is 0 Å². The van der Waals surface area contributed by atoms with Crippen LogP contribution in [0.25, 0.3) is 0 Å². The monoisotopic (exact) mass is 692 g/mol. The first-order valence-corrected chi connectivity index (χ1v) is 17.3. The van der Waals surface area contributed by atoms with Gasteiger partial charge in [-0.25, -0.2) is 0 Å². The fourth-order valence-corrected chi connectivity index (χ4v) is 8.66. The average molecular weight is 695 g/mol. The summed E-state index contributed by atoms with van der Waals surface area (Å²) in [5.41, 5.74) is 0. The van der Waals surface area contributed by atoms with Gasteiger partial charge in [-0.2, -0.15) is 0 Å². The molecule has 2 saturated carbocycles. The first-order chi connectivity index (χ1) is 17.7. The molecule has 0 bridgehead atoms. The van der Waals surface area contributed by atoms with E-state index in [2.05, 4.69) is 83.6 Å². The normalized spacial score (nSPS) is 28.9. The van der Waals surface area contributed by atoms with Crippen LogP contribution in [0.3, 0.4) is 0 Å². The van der Waals surface area contributed by atoms with Gasteiger partial charge in [0, 0.05) is 0 Å². The number of rotatable bonds is 17. The molecule has 0 aromatic heterocycles. The van der Waals surface area contributed by atoms with Crippen LogP contribution < -0.4 is 34.0 Å². The lowest BCUT2D eigenvalue weighted by Crippen LogP contribution is -3.00. The van der Waals surface area contributed by atoms with Crippen molar-refractivity contribution in [3.05, 3.63) is 0 Å². The molecule has 8 unspecified atom stereocenters. The molecule has 8 atom stereocenters. The van der Waals surface area contributed by atoms with Crippen molar-refractivity contribution in [1.82, 2.24) is 0 Å². The summed E-state index contributed by atoms with van der Waals surface area (Å²) < 4.78 is 2.42. The third-order valence-electron chi connectivity index (χ3n) is 12.6. The lowest BCUT2D eigenvalue weighted by Gasteiger charge is -2.38. The number of hydrogen-bond acceptors (Lipinski definition) is 0. The first-order valence-electron chi connectivity index (χ1n) is 17.3. The second kappa shape index (κ2) is 18.6. The number of nitrogens with zero attached hydrogens (tertiary/aromatic N) is 2. The predicted molar refractivity (Wildman–Crippen MR) is 170 cm³/mol. The van der Waals surface area contributed by atoms with Crippen molar-refractivity contribution >= 4 is 0 Å². The molecule has 0 heterocycles. The Bertz CT molecular complexity index is 605. The van der Waals surface area contributed by atoms with Crippen molar-refractivity contribution in [2.24, 2.45) is 47.3 Å². The van der Waals surface area contributed by atoms with Gasteiger partial charge in [-0.3, -0.25) is 0 Å². The molecule has 40 heavy (non-hydrogen) atoms. The SMILES string of the molecule is CC(C)C1CCC(C)C1CCC(C)[N+](C)(C)CCCCCC[N+](C)(C)C(C)CCC1C(C)CCC1C(C)C.[Br-].[Br-]. The summed E-state index contributed by atoms with van der Waals surface area (Å²) in [5.74, 6) is 7.50. The highest BCUT2D eigenvalue weighted by atomic mass is 79.9. The molecule has 2 rings (SSSR count). The molecular formula is C36H74Br2N2. The second-order valence-electron chi connectivity index (χ2n) is 16.5. The average Bonchev–Trinajstić information content (AvgIpc) is 3.39. The minimum Gasteiger partial charge on any atom is -1.00 e. The summed E-state index contributed by atoms with van der Waals surface area (Å²) in [5, 5.41) is 0. The molecule has 2 aliphatic rings. The van der Waals surface area contributed by atoms with E-state index in [4.69, 9.17) is 0 Å². The summed E-state index contributed by atoms with van der Waals surface area (Å²) >= 11 is 0. The van der Waals surface area contributed by atoms with Crippen LogP contribution in [-0.4, -0.2) is 62.3 Å². The molecule has 0 spiro atoms. The van der Waals surface area contributed by atoms with Crippen molar-refractivity contribution < 1.29 is 42.9 Å². The van der Waals surface area contributed by atoms with E-state index in [-0.39, 0.29) is 34.0 Å². The Labute approximate surface area is 274 Å². The molecule has 4 heteroatoms. The maximum Gasteiger partial charge on any atom is 0.0857 e. The fraction of sp³-hybridized carbons (Fsp3) is 1.00.